The molecule has 0 heterocycles. The molecule has 0 aromatic heterocycles. The Hall–Kier alpha value is -0.0971. The molecule has 1 nitrogen and oxygen atoms in total. The first-order chi connectivity index (χ1) is 6.89. The summed E-state index contributed by atoms with van der Waals surface area (Å²) in [7, 11) is 0. The van der Waals surface area contributed by atoms with Gasteiger partial charge in [0.15, 0.2) is 0 Å². The minimum absolute atomic E-state index is 0.694. The van der Waals surface area contributed by atoms with Crippen LogP contribution in [-0.2, 0) is 4.74 Å². The van der Waals surface area contributed by atoms with Crippen LogP contribution in [0.1, 0.15) is 48.5 Å². The van der Waals surface area contributed by atoms with Gasteiger partial charge in [0.25, 0.3) is 0 Å². The molecular weight excluding hydrogens is 245 g/mol. The third kappa shape index (κ3) is 3.45. The van der Waals surface area contributed by atoms with Gasteiger partial charge in [-0.2, -0.15) is 0 Å². The summed E-state index contributed by atoms with van der Waals surface area (Å²) in [5.74, 6) is 0. The molecule has 15 heavy (non-hydrogen) atoms. The molecule has 0 radical (unpaired) electrons. The van der Waals surface area contributed by atoms with Crippen LogP contribution in [0.3, 0.4) is 0 Å². The molecular formula is C13H26GeO. The maximum atomic E-state index is 5.23. The van der Waals surface area contributed by atoms with Gasteiger partial charge in [-0.05, 0) is 0 Å². The zero-order valence-electron chi connectivity index (χ0n) is 11.3. The van der Waals surface area contributed by atoms with Crippen LogP contribution in [0.15, 0.2) is 0 Å². The molecule has 0 aliphatic rings. The van der Waals surface area contributed by atoms with E-state index >= 15 is 0 Å². The van der Waals surface area contributed by atoms with Crippen molar-refractivity contribution >= 4 is 13.3 Å². The van der Waals surface area contributed by atoms with E-state index in [1.807, 2.05) is 6.92 Å². The van der Waals surface area contributed by atoms with E-state index < -0.39 is 13.3 Å². The number of rotatable bonds is 4. The Labute approximate surface area is 98.3 Å². The summed E-state index contributed by atoms with van der Waals surface area (Å²) in [6, 6.07) is 0. The Morgan fingerprint density at radius 1 is 0.933 bits per heavy atom. The number of hydrogen-bond donors (Lipinski definition) is 0. The molecule has 0 aliphatic carbocycles. The molecule has 88 valence electrons. The van der Waals surface area contributed by atoms with Crippen LogP contribution in [0.25, 0.3) is 0 Å². The molecule has 0 aliphatic heterocycles. The minimum atomic E-state index is -2.12. The first-order valence-electron chi connectivity index (χ1n) is 6.03. The fourth-order valence-corrected chi connectivity index (χ4v) is 13.4. The summed E-state index contributed by atoms with van der Waals surface area (Å²) in [5, 5.41) is 0. The van der Waals surface area contributed by atoms with Crippen molar-refractivity contribution < 1.29 is 4.74 Å². The van der Waals surface area contributed by atoms with Crippen LogP contribution in [0.2, 0.25) is 14.3 Å². The van der Waals surface area contributed by atoms with E-state index in [0.717, 1.165) is 14.3 Å². The molecule has 0 saturated heterocycles. The fourth-order valence-electron chi connectivity index (χ4n) is 2.63. The van der Waals surface area contributed by atoms with E-state index in [0.29, 0.717) is 6.61 Å². The molecule has 0 fully saturated rings. The number of hydrogen-bond acceptors (Lipinski definition) is 1. The molecule has 0 atom stereocenters. The molecule has 0 amide bonds. The summed E-state index contributed by atoms with van der Waals surface area (Å²) >= 11 is -2.12. The Morgan fingerprint density at radius 2 is 1.33 bits per heavy atom. The van der Waals surface area contributed by atoms with E-state index in [1.165, 1.54) is 0 Å². The molecule has 0 N–H and O–H groups in total. The van der Waals surface area contributed by atoms with Crippen LogP contribution in [0.4, 0.5) is 0 Å². The summed E-state index contributed by atoms with van der Waals surface area (Å²) < 4.78 is 11.0. The molecule has 0 unspecified atom stereocenters. The fraction of sp³-hybridized carbons (Fsp3) is 0.846. The zero-order valence-corrected chi connectivity index (χ0v) is 13.4. The van der Waals surface area contributed by atoms with Gasteiger partial charge < -0.3 is 0 Å². The van der Waals surface area contributed by atoms with Gasteiger partial charge in [0.1, 0.15) is 0 Å². The first-order valence-corrected chi connectivity index (χ1v) is 10.7. The zero-order chi connectivity index (χ0) is 12.1. The van der Waals surface area contributed by atoms with Crippen LogP contribution in [-0.4, -0.2) is 19.9 Å². The third-order valence-electron chi connectivity index (χ3n) is 3.35. The Balaban J connectivity index is 5.08. The van der Waals surface area contributed by atoms with Crippen LogP contribution >= 0.6 is 0 Å². The van der Waals surface area contributed by atoms with Crippen LogP contribution in [0, 0.1) is 10.9 Å². The van der Waals surface area contributed by atoms with E-state index in [4.69, 9.17) is 4.74 Å². The van der Waals surface area contributed by atoms with Gasteiger partial charge in [0.2, 0.25) is 0 Å². The summed E-state index contributed by atoms with van der Waals surface area (Å²) in [4.78, 5) is 0. The molecule has 0 rings (SSSR count). The topological polar surface area (TPSA) is 9.23 Å². The van der Waals surface area contributed by atoms with E-state index in [-0.39, 0.29) is 0 Å². The summed E-state index contributed by atoms with van der Waals surface area (Å²) in [5.41, 5.74) is 0. The van der Waals surface area contributed by atoms with Crippen molar-refractivity contribution in [3.63, 3.8) is 0 Å². The van der Waals surface area contributed by atoms with Gasteiger partial charge in [-0.15, -0.1) is 0 Å². The normalized spacial score (nSPS) is 11.9. The molecule has 0 aromatic carbocycles. The van der Waals surface area contributed by atoms with Crippen LogP contribution < -0.4 is 0 Å². The second-order valence-electron chi connectivity index (χ2n) is 5.06. The second kappa shape index (κ2) is 6.48. The van der Waals surface area contributed by atoms with Crippen molar-refractivity contribution in [1.29, 1.82) is 0 Å². The van der Waals surface area contributed by atoms with Gasteiger partial charge in [0.05, 0.1) is 0 Å². The van der Waals surface area contributed by atoms with Crippen molar-refractivity contribution in [2.75, 3.05) is 6.61 Å². The third-order valence-corrected chi connectivity index (χ3v) is 16.5. The monoisotopic (exact) mass is 272 g/mol. The second-order valence-corrected chi connectivity index (χ2v) is 16.8. The quantitative estimate of drug-likeness (QED) is 0.550. The van der Waals surface area contributed by atoms with Crippen molar-refractivity contribution in [1.82, 2.24) is 0 Å². The van der Waals surface area contributed by atoms with E-state index in [9.17, 15) is 0 Å². The Morgan fingerprint density at radius 3 is 1.60 bits per heavy atom. The van der Waals surface area contributed by atoms with E-state index in [2.05, 4.69) is 52.4 Å². The molecule has 0 aromatic rings. The van der Waals surface area contributed by atoms with Crippen molar-refractivity contribution in [3.8, 4) is 10.9 Å². The molecule has 0 bridgehead atoms. The molecule has 2 heteroatoms. The van der Waals surface area contributed by atoms with Gasteiger partial charge in [-0.25, -0.2) is 0 Å². The summed E-state index contributed by atoms with van der Waals surface area (Å²) in [6.07, 6.45) is 2.95. The van der Waals surface area contributed by atoms with Crippen molar-refractivity contribution in [2.24, 2.45) is 0 Å². The molecule has 0 spiro atoms. The van der Waals surface area contributed by atoms with Crippen molar-refractivity contribution in [2.45, 2.75) is 62.7 Å². The summed E-state index contributed by atoms with van der Waals surface area (Å²) in [6.45, 7) is 16.7. The van der Waals surface area contributed by atoms with Gasteiger partial charge in [0, 0.05) is 0 Å². The average Bonchev–Trinajstić information content (AvgIpc) is 2.10. The van der Waals surface area contributed by atoms with Crippen molar-refractivity contribution in [3.05, 3.63) is 0 Å². The Bertz CT molecular complexity index is 211. The molecule has 0 saturated carbocycles. The van der Waals surface area contributed by atoms with Gasteiger partial charge >= 0.3 is 98.2 Å². The van der Waals surface area contributed by atoms with E-state index in [1.54, 1.807) is 0 Å². The van der Waals surface area contributed by atoms with Gasteiger partial charge in [-0.1, -0.05) is 0 Å². The predicted molar refractivity (Wildman–Crippen MR) is 70.5 cm³/mol. The number of ether oxygens (including phenoxy) is 1. The van der Waals surface area contributed by atoms with Gasteiger partial charge in [-0.3, -0.25) is 0 Å². The average molecular weight is 271 g/mol. The predicted octanol–water partition coefficient (Wildman–Crippen LogP) is 4.20. The van der Waals surface area contributed by atoms with Crippen LogP contribution in [0.5, 0.6) is 0 Å². The Kier molecular flexibility index (Phi) is 6.44. The maximum absolute atomic E-state index is 5.23. The first kappa shape index (κ1) is 14.9. The standard InChI is InChI=1S/C13H26GeO/c1-8-15-10-9-14(11(2)3,12(4)5)13(6)7/h11-13H,8H2,1-7H3. The SMILES string of the molecule is CCOC#[C][Ge]([CH](C)C)([CH](C)C)[CH](C)C.